The van der Waals surface area contributed by atoms with Crippen LogP contribution in [0, 0.1) is 0 Å². The summed E-state index contributed by atoms with van der Waals surface area (Å²) in [5, 5.41) is 16.9. The number of ether oxygens (including phenoxy) is 1. The zero-order valence-electron chi connectivity index (χ0n) is 15.3. The first kappa shape index (κ1) is 20.6. The Balaban J connectivity index is 1.82. The van der Waals surface area contributed by atoms with Crippen LogP contribution in [0.1, 0.15) is 35.2 Å². The number of carboxylic acids is 1. The number of benzene rings is 2. The summed E-state index contributed by atoms with van der Waals surface area (Å²) >= 11 is 0. The SMILES string of the molecule is COc1ccc(/C=N\NC(=O)c2ccc(NC(=O)CCCC(=O)[O-])cc2)cc1. The van der Waals surface area contributed by atoms with Crippen LogP contribution >= 0.6 is 0 Å². The molecule has 28 heavy (non-hydrogen) atoms. The second kappa shape index (κ2) is 10.5. The highest BCUT2D eigenvalue weighted by Gasteiger charge is 2.06. The minimum absolute atomic E-state index is 0.0797. The van der Waals surface area contributed by atoms with Crippen LogP contribution in [-0.4, -0.2) is 31.1 Å². The molecule has 0 saturated carbocycles. The first-order valence-electron chi connectivity index (χ1n) is 8.55. The van der Waals surface area contributed by atoms with Gasteiger partial charge in [-0.2, -0.15) is 5.10 Å². The number of nitrogens with one attached hydrogen (secondary N) is 2. The summed E-state index contributed by atoms with van der Waals surface area (Å²) in [6, 6.07) is 13.4. The third kappa shape index (κ3) is 6.91. The average molecular weight is 382 g/mol. The molecule has 2 aromatic rings. The molecule has 2 amide bonds. The molecule has 0 radical (unpaired) electrons. The molecule has 0 bridgehead atoms. The van der Waals surface area contributed by atoms with E-state index < -0.39 is 11.9 Å². The fourth-order valence-electron chi connectivity index (χ4n) is 2.24. The van der Waals surface area contributed by atoms with E-state index in [9.17, 15) is 19.5 Å². The third-order valence-corrected chi connectivity index (χ3v) is 3.71. The van der Waals surface area contributed by atoms with Gasteiger partial charge in [0.15, 0.2) is 0 Å². The van der Waals surface area contributed by atoms with Gasteiger partial charge in [0, 0.05) is 23.6 Å². The second-order valence-corrected chi connectivity index (χ2v) is 5.82. The summed E-state index contributed by atoms with van der Waals surface area (Å²) in [6.45, 7) is 0. The molecule has 2 N–H and O–H groups in total. The number of rotatable bonds is 9. The number of hydrogen-bond donors (Lipinski definition) is 2. The largest absolute Gasteiger partial charge is 0.550 e. The van der Waals surface area contributed by atoms with Crippen molar-refractivity contribution in [1.29, 1.82) is 0 Å². The maximum absolute atomic E-state index is 12.1. The maximum Gasteiger partial charge on any atom is 0.271 e. The van der Waals surface area contributed by atoms with E-state index in [1.165, 1.54) is 6.21 Å². The van der Waals surface area contributed by atoms with E-state index in [1.807, 2.05) is 0 Å². The Bertz CT molecular complexity index is 845. The van der Waals surface area contributed by atoms with Gasteiger partial charge < -0.3 is 20.0 Å². The molecule has 8 nitrogen and oxygen atoms in total. The third-order valence-electron chi connectivity index (χ3n) is 3.71. The molecule has 0 aliphatic carbocycles. The molecule has 0 saturated heterocycles. The molecule has 2 rings (SSSR count). The smallest absolute Gasteiger partial charge is 0.271 e. The number of anilines is 1. The van der Waals surface area contributed by atoms with Crippen molar-refractivity contribution in [2.75, 3.05) is 12.4 Å². The molecule has 0 heterocycles. The Hall–Kier alpha value is -3.68. The number of amides is 2. The lowest BCUT2D eigenvalue weighted by atomic mass is 10.2. The van der Waals surface area contributed by atoms with E-state index in [4.69, 9.17) is 4.74 Å². The Morgan fingerprint density at radius 2 is 1.71 bits per heavy atom. The summed E-state index contributed by atoms with van der Waals surface area (Å²) in [7, 11) is 1.58. The van der Waals surface area contributed by atoms with Crippen molar-refractivity contribution < 1.29 is 24.2 Å². The van der Waals surface area contributed by atoms with Gasteiger partial charge in [0.1, 0.15) is 5.75 Å². The molecule has 0 spiro atoms. The molecule has 0 aromatic heterocycles. The molecule has 0 aliphatic rings. The Labute approximate surface area is 162 Å². The van der Waals surface area contributed by atoms with Crippen LogP contribution < -0.4 is 20.6 Å². The predicted octanol–water partition coefficient (Wildman–Crippen LogP) is 1.32. The van der Waals surface area contributed by atoms with E-state index in [0.717, 1.165) is 11.3 Å². The van der Waals surface area contributed by atoms with Gasteiger partial charge in [-0.05, 0) is 66.9 Å². The number of methoxy groups -OCH3 is 1. The van der Waals surface area contributed by atoms with Crippen molar-refractivity contribution in [2.45, 2.75) is 19.3 Å². The van der Waals surface area contributed by atoms with Crippen molar-refractivity contribution in [1.82, 2.24) is 5.43 Å². The molecule has 0 unspecified atom stereocenters. The number of hydrogen-bond acceptors (Lipinski definition) is 6. The van der Waals surface area contributed by atoms with Crippen LogP contribution in [0.2, 0.25) is 0 Å². The number of carbonyl (C=O) groups excluding carboxylic acids is 3. The van der Waals surface area contributed by atoms with Crippen molar-refractivity contribution in [3.8, 4) is 5.75 Å². The van der Waals surface area contributed by atoms with Crippen LogP contribution in [0.3, 0.4) is 0 Å². The lowest BCUT2D eigenvalue weighted by Gasteiger charge is -2.06. The zero-order chi connectivity index (χ0) is 20.4. The van der Waals surface area contributed by atoms with Gasteiger partial charge in [-0.1, -0.05) is 0 Å². The highest BCUT2D eigenvalue weighted by Crippen LogP contribution is 2.11. The van der Waals surface area contributed by atoms with Gasteiger partial charge in [0.05, 0.1) is 13.3 Å². The standard InChI is InChI=1S/C20H21N3O5/c1-28-17-11-5-14(6-12-17)13-21-23-20(27)15-7-9-16(10-8-15)22-18(24)3-2-4-19(25)26/h5-13H,2-4H2,1H3,(H,22,24)(H,23,27)(H,25,26)/p-1/b21-13-. The summed E-state index contributed by atoms with van der Waals surface area (Å²) in [5.41, 5.74) is 4.12. The van der Waals surface area contributed by atoms with Gasteiger partial charge in [0.25, 0.3) is 5.91 Å². The van der Waals surface area contributed by atoms with Gasteiger partial charge in [-0.15, -0.1) is 0 Å². The molecular weight excluding hydrogens is 362 g/mol. The van der Waals surface area contributed by atoms with Gasteiger partial charge >= 0.3 is 0 Å². The molecule has 0 atom stereocenters. The fourth-order valence-corrected chi connectivity index (χ4v) is 2.24. The Morgan fingerprint density at radius 1 is 1.04 bits per heavy atom. The van der Waals surface area contributed by atoms with Crippen molar-refractivity contribution in [3.05, 3.63) is 59.7 Å². The highest BCUT2D eigenvalue weighted by atomic mass is 16.5. The normalized spacial score (nSPS) is 10.5. The second-order valence-electron chi connectivity index (χ2n) is 5.82. The lowest BCUT2D eigenvalue weighted by molar-refractivity contribution is -0.305. The molecule has 0 aliphatic heterocycles. The van der Waals surface area contributed by atoms with Crippen LogP contribution in [0.25, 0.3) is 0 Å². The molecular formula is C20H20N3O5-. The van der Waals surface area contributed by atoms with E-state index in [2.05, 4.69) is 15.8 Å². The predicted molar refractivity (Wildman–Crippen MR) is 102 cm³/mol. The minimum Gasteiger partial charge on any atom is -0.550 e. The Morgan fingerprint density at radius 3 is 2.32 bits per heavy atom. The first-order valence-corrected chi connectivity index (χ1v) is 8.55. The number of carbonyl (C=O) groups is 3. The van der Waals surface area contributed by atoms with Gasteiger partial charge in [-0.25, -0.2) is 5.43 Å². The van der Waals surface area contributed by atoms with Crippen LogP contribution in [0.4, 0.5) is 5.69 Å². The van der Waals surface area contributed by atoms with E-state index in [0.29, 0.717) is 11.3 Å². The van der Waals surface area contributed by atoms with Crippen molar-refractivity contribution in [3.63, 3.8) is 0 Å². The van der Waals surface area contributed by atoms with Crippen LogP contribution in [-0.2, 0) is 9.59 Å². The number of carboxylic acid groups (broad SMARTS) is 1. The number of aliphatic carboxylic acids is 1. The Kier molecular flexibility index (Phi) is 7.71. The monoisotopic (exact) mass is 382 g/mol. The molecule has 8 heteroatoms. The minimum atomic E-state index is -1.18. The summed E-state index contributed by atoms with van der Waals surface area (Å²) in [5.74, 6) is -1.15. The highest BCUT2D eigenvalue weighted by molar-refractivity contribution is 5.96. The van der Waals surface area contributed by atoms with Crippen molar-refractivity contribution >= 4 is 29.7 Å². The van der Waals surface area contributed by atoms with Gasteiger partial charge in [0.2, 0.25) is 5.91 Å². The van der Waals surface area contributed by atoms with E-state index in [-0.39, 0.29) is 25.2 Å². The van der Waals surface area contributed by atoms with E-state index >= 15 is 0 Å². The summed E-state index contributed by atoms with van der Waals surface area (Å²) in [4.78, 5) is 34.1. The first-order chi connectivity index (χ1) is 13.5. The molecule has 0 fully saturated rings. The summed E-state index contributed by atoms with van der Waals surface area (Å²) in [6.07, 6.45) is 1.64. The van der Waals surface area contributed by atoms with Crippen molar-refractivity contribution in [2.24, 2.45) is 5.10 Å². The quantitative estimate of drug-likeness (QED) is 0.501. The van der Waals surface area contributed by atoms with E-state index in [1.54, 1.807) is 55.6 Å². The topological polar surface area (TPSA) is 120 Å². The van der Waals surface area contributed by atoms with Gasteiger partial charge in [-0.3, -0.25) is 9.59 Å². The molecule has 2 aromatic carbocycles. The maximum atomic E-state index is 12.1. The van der Waals surface area contributed by atoms with Crippen LogP contribution in [0.5, 0.6) is 5.75 Å². The zero-order valence-corrected chi connectivity index (χ0v) is 15.3. The molecule has 146 valence electrons. The average Bonchev–Trinajstić information content (AvgIpc) is 2.68. The van der Waals surface area contributed by atoms with Crippen LogP contribution in [0.15, 0.2) is 53.6 Å². The summed E-state index contributed by atoms with van der Waals surface area (Å²) < 4.78 is 5.07. The fraction of sp³-hybridized carbons (Fsp3) is 0.200. The number of hydrazone groups is 1. The lowest BCUT2D eigenvalue weighted by Crippen LogP contribution is -2.22. The number of nitrogens with zero attached hydrogens (tertiary/aromatic N) is 1.